The van der Waals surface area contributed by atoms with Gasteiger partial charge in [0.25, 0.3) is 0 Å². The van der Waals surface area contributed by atoms with E-state index in [-0.39, 0.29) is 25.9 Å². The van der Waals surface area contributed by atoms with Crippen LogP contribution in [0.3, 0.4) is 0 Å². The van der Waals surface area contributed by atoms with Crippen LogP contribution >= 0.6 is 0 Å². The zero-order valence-corrected chi connectivity index (χ0v) is 8.40. The number of carboxylic acids is 1. The van der Waals surface area contributed by atoms with Gasteiger partial charge in [0.15, 0.2) is 0 Å². The molecule has 3 heteroatoms. The van der Waals surface area contributed by atoms with Crippen molar-refractivity contribution in [2.75, 3.05) is 0 Å². The molecule has 0 aliphatic heterocycles. The molecule has 0 heterocycles. The van der Waals surface area contributed by atoms with E-state index in [1.807, 2.05) is 0 Å². The summed E-state index contributed by atoms with van der Waals surface area (Å²) in [5.74, 6) is -0.995. The molecule has 0 saturated heterocycles. The topological polar surface area (TPSA) is 40.1 Å². The van der Waals surface area contributed by atoms with E-state index in [4.69, 9.17) is 0 Å². The van der Waals surface area contributed by atoms with E-state index in [2.05, 4.69) is 6.92 Å². The Labute approximate surface area is 63.0 Å². The summed E-state index contributed by atoms with van der Waals surface area (Å²) in [5.41, 5.74) is 0. The van der Waals surface area contributed by atoms with Crippen LogP contribution < -0.4 is 5.11 Å². The summed E-state index contributed by atoms with van der Waals surface area (Å²) in [5, 5.41) is 9.26. The number of aliphatic carboxylic acids is 1. The Hall–Kier alpha value is 0.0934. The summed E-state index contributed by atoms with van der Waals surface area (Å²) in [6, 6.07) is 0. The molecule has 0 aliphatic rings. The Kier molecular flexibility index (Phi) is 30.8. The predicted octanol–water partition coefficient (Wildman–Crippen LogP) is -0.0158. The van der Waals surface area contributed by atoms with Crippen molar-refractivity contribution in [3.63, 3.8) is 0 Å². The Bertz CT molecular complexity index is 45.7. The fourth-order valence-electron chi connectivity index (χ4n) is 0. The molecule has 0 spiro atoms. The Morgan fingerprint density at radius 2 is 1.75 bits per heavy atom. The SMILES string of the molecule is CCC(=O)[O-].[CH2-]C.[Zn+2]. The molecular weight excluding hydrogens is 157 g/mol. The summed E-state index contributed by atoms with van der Waals surface area (Å²) >= 11 is 0. The van der Waals surface area contributed by atoms with Crippen molar-refractivity contribution in [2.45, 2.75) is 20.3 Å². The number of rotatable bonds is 1. The van der Waals surface area contributed by atoms with Crippen molar-refractivity contribution < 1.29 is 29.4 Å². The van der Waals surface area contributed by atoms with Crippen LogP contribution in [0.2, 0.25) is 0 Å². The van der Waals surface area contributed by atoms with Gasteiger partial charge in [-0.3, -0.25) is 0 Å². The zero-order valence-electron chi connectivity index (χ0n) is 5.44. The maximum Gasteiger partial charge on any atom is 2.00 e. The van der Waals surface area contributed by atoms with Gasteiger partial charge in [-0.05, 0) is 6.42 Å². The largest absolute Gasteiger partial charge is 2.00 e. The number of hydrogen-bond donors (Lipinski definition) is 0. The minimum atomic E-state index is -0.995. The number of hydrogen-bond acceptors (Lipinski definition) is 2. The Morgan fingerprint density at radius 3 is 1.75 bits per heavy atom. The second kappa shape index (κ2) is 15.7. The Balaban J connectivity index is -0.0000000750. The van der Waals surface area contributed by atoms with Crippen molar-refractivity contribution in [1.29, 1.82) is 0 Å². The molecule has 0 saturated carbocycles. The molecule has 0 amide bonds. The van der Waals surface area contributed by atoms with Gasteiger partial charge in [0, 0.05) is 5.97 Å². The van der Waals surface area contributed by atoms with Crippen molar-refractivity contribution in [3.05, 3.63) is 6.92 Å². The molecule has 0 bridgehead atoms. The average molecular weight is 168 g/mol. The van der Waals surface area contributed by atoms with E-state index in [9.17, 15) is 9.90 Å². The van der Waals surface area contributed by atoms with Gasteiger partial charge >= 0.3 is 19.5 Å². The van der Waals surface area contributed by atoms with Gasteiger partial charge in [-0.2, -0.15) is 6.92 Å². The number of carbonyl (C=O) groups is 1. The van der Waals surface area contributed by atoms with Crippen LogP contribution in [-0.2, 0) is 24.3 Å². The summed E-state index contributed by atoms with van der Waals surface area (Å²) in [7, 11) is 0. The molecule has 0 fully saturated rings. The smallest absolute Gasteiger partial charge is 0.550 e. The molecular formula is C5H10O2Zn. The predicted molar refractivity (Wildman–Crippen MR) is 26.3 cm³/mol. The zero-order chi connectivity index (χ0) is 6.28. The van der Waals surface area contributed by atoms with Gasteiger partial charge in [-0.25, -0.2) is 0 Å². The van der Waals surface area contributed by atoms with E-state index in [0.717, 1.165) is 0 Å². The second-order valence-corrected chi connectivity index (χ2v) is 0.726. The molecule has 0 aromatic rings. The van der Waals surface area contributed by atoms with Crippen LogP contribution in [0.15, 0.2) is 0 Å². The summed E-state index contributed by atoms with van der Waals surface area (Å²) in [4.78, 5) is 9.26. The summed E-state index contributed by atoms with van der Waals surface area (Å²) in [6.45, 7) is 6.54. The molecule has 44 valence electrons. The quantitative estimate of drug-likeness (QED) is 0.407. The van der Waals surface area contributed by atoms with Crippen molar-refractivity contribution in [2.24, 2.45) is 0 Å². The fourth-order valence-corrected chi connectivity index (χ4v) is 0. The van der Waals surface area contributed by atoms with Crippen LogP contribution in [0.1, 0.15) is 20.3 Å². The number of carbonyl (C=O) groups excluding carboxylic acids is 1. The first-order chi connectivity index (χ1) is 3.27. The third-order valence-electron chi connectivity index (χ3n) is 0.289. The van der Waals surface area contributed by atoms with E-state index < -0.39 is 5.97 Å². The van der Waals surface area contributed by atoms with Gasteiger partial charge in [-0.1, -0.05) is 6.92 Å². The first kappa shape index (κ1) is 15.7. The van der Waals surface area contributed by atoms with Gasteiger partial charge in [0.2, 0.25) is 0 Å². The van der Waals surface area contributed by atoms with E-state index in [1.54, 1.807) is 6.92 Å². The molecule has 0 atom stereocenters. The maximum atomic E-state index is 9.26. The minimum absolute atomic E-state index is 0. The monoisotopic (exact) mass is 166 g/mol. The van der Waals surface area contributed by atoms with Crippen LogP contribution in [0.25, 0.3) is 0 Å². The van der Waals surface area contributed by atoms with Gasteiger partial charge < -0.3 is 16.8 Å². The summed E-state index contributed by atoms with van der Waals surface area (Å²) < 4.78 is 0. The average Bonchev–Trinajstić information content (AvgIpc) is 1.73. The third kappa shape index (κ3) is 36.1. The van der Waals surface area contributed by atoms with Crippen LogP contribution in [0.5, 0.6) is 0 Å². The van der Waals surface area contributed by atoms with E-state index in [0.29, 0.717) is 0 Å². The minimum Gasteiger partial charge on any atom is -0.550 e. The first-order valence-corrected chi connectivity index (χ1v) is 2.18. The maximum absolute atomic E-state index is 9.26. The summed E-state index contributed by atoms with van der Waals surface area (Å²) in [6.07, 6.45) is 0.111. The first-order valence-electron chi connectivity index (χ1n) is 2.18. The molecule has 8 heavy (non-hydrogen) atoms. The van der Waals surface area contributed by atoms with E-state index >= 15 is 0 Å². The molecule has 0 aliphatic carbocycles. The molecule has 0 aromatic carbocycles. The molecule has 0 aromatic heterocycles. The molecule has 0 N–H and O–H groups in total. The fraction of sp³-hybridized carbons (Fsp3) is 0.600. The standard InChI is InChI=1S/C3H6O2.C2H5.Zn/c1-2-3(4)5;1-2;/h2H2,1H3,(H,4,5);1H2,2H3;/q;-1;+2/p-1. The second-order valence-electron chi connectivity index (χ2n) is 0.726. The van der Waals surface area contributed by atoms with Crippen LogP contribution in [0.4, 0.5) is 0 Å². The molecule has 2 nitrogen and oxygen atoms in total. The molecule has 0 rings (SSSR count). The Morgan fingerprint density at radius 1 is 1.62 bits per heavy atom. The van der Waals surface area contributed by atoms with Crippen molar-refractivity contribution >= 4 is 5.97 Å². The van der Waals surface area contributed by atoms with Crippen molar-refractivity contribution in [1.82, 2.24) is 0 Å². The number of carboxylic acid groups (broad SMARTS) is 1. The van der Waals surface area contributed by atoms with E-state index in [1.165, 1.54) is 6.92 Å². The van der Waals surface area contributed by atoms with Crippen molar-refractivity contribution in [3.8, 4) is 0 Å². The van der Waals surface area contributed by atoms with Gasteiger partial charge in [0.1, 0.15) is 0 Å². The molecule has 0 radical (unpaired) electrons. The van der Waals surface area contributed by atoms with Crippen LogP contribution in [0, 0.1) is 6.92 Å². The van der Waals surface area contributed by atoms with Gasteiger partial charge in [-0.15, -0.1) is 0 Å². The normalized spacial score (nSPS) is 5.38. The van der Waals surface area contributed by atoms with Crippen LogP contribution in [-0.4, -0.2) is 5.97 Å². The van der Waals surface area contributed by atoms with Gasteiger partial charge in [0.05, 0.1) is 0 Å². The third-order valence-corrected chi connectivity index (χ3v) is 0.289. The molecule has 0 unspecified atom stereocenters.